The van der Waals surface area contributed by atoms with Crippen LogP contribution in [0.5, 0.6) is 0 Å². The monoisotopic (exact) mass is 584 g/mol. The molecule has 0 aromatic carbocycles. The summed E-state index contributed by atoms with van der Waals surface area (Å²) in [5, 5.41) is 2.69. The van der Waals surface area contributed by atoms with Gasteiger partial charge in [-0.05, 0) is 74.1 Å². The van der Waals surface area contributed by atoms with Crippen LogP contribution in [0.4, 0.5) is 9.59 Å². The van der Waals surface area contributed by atoms with Crippen LogP contribution in [0, 0.1) is 5.92 Å². The van der Waals surface area contributed by atoms with E-state index < -0.39 is 11.2 Å². The highest BCUT2D eigenvalue weighted by Gasteiger charge is 2.30. The van der Waals surface area contributed by atoms with Crippen molar-refractivity contribution in [3.8, 4) is 0 Å². The molecule has 0 saturated carbocycles. The van der Waals surface area contributed by atoms with Gasteiger partial charge in [-0.3, -0.25) is 0 Å². The number of amides is 2. The predicted molar refractivity (Wildman–Crippen MR) is 155 cm³/mol. The number of piperidine rings is 2. The van der Waals surface area contributed by atoms with Gasteiger partial charge in [0.25, 0.3) is 0 Å². The molecule has 10 nitrogen and oxygen atoms in total. The van der Waals surface area contributed by atoms with E-state index in [1.165, 1.54) is 11.3 Å². The maximum Gasteiger partial charge on any atom is 0.410 e. The highest BCUT2D eigenvalue weighted by molar-refractivity contribution is 7.80. The quantitative estimate of drug-likeness (QED) is 0.283. The molecule has 2 amide bonds. The maximum absolute atomic E-state index is 12.1. The van der Waals surface area contributed by atoms with E-state index in [-0.39, 0.29) is 30.0 Å². The van der Waals surface area contributed by atoms with Crippen LogP contribution < -0.4 is 5.73 Å². The number of nitrogens with two attached hydrogens (primary N) is 1. The number of aromatic nitrogens is 1. The predicted octanol–water partition coefficient (Wildman–Crippen LogP) is 5.35. The lowest BCUT2D eigenvalue weighted by Gasteiger charge is -2.33. The molecule has 1 aromatic heterocycles. The molecule has 220 valence electrons. The standard InChI is InChI=1S/C16H24N2O4S.C11H20N2O2S/c1-5-21-14(19)12-10-23-13(17-12)11-6-8-18(9-7-11)15(20)22-16(2,3)4;1-11(2,3)15-10(14)13-6-4-8(5-7-13)9(12)16/h10-11H,5-9H2,1-4H3;8H,4-7H2,1-3H3,(H2,12,16). The van der Waals surface area contributed by atoms with E-state index in [0.717, 1.165) is 30.7 Å². The smallest absolute Gasteiger partial charge is 0.410 e. The van der Waals surface area contributed by atoms with Gasteiger partial charge in [-0.2, -0.15) is 0 Å². The number of ether oxygens (including phenoxy) is 3. The van der Waals surface area contributed by atoms with E-state index in [1.807, 2.05) is 41.5 Å². The van der Waals surface area contributed by atoms with Crippen molar-refractivity contribution in [2.45, 2.75) is 91.3 Å². The van der Waals surface area contributed by atoms with Gasteiger partial charge >= 0.3 is 18.2 Å². The third kappa shape index (κ3) is 11.3. The van der Waals surface area contributed by atoms with Crippen LogP contribution in [-0.2, 0) is 14.2 Å². The molecule has 2 fully saturated rings. The minimum Gasteiger partial charge on any atom is -0.461 e. The molecule has 0 radical (unpaired) electrons. The number of carbonyl (C=O) groups excluding carboxylic acids is 3. The molecule has 39 heavy (non-hydrogen) atoms. The molecule has 3 rings (SSSR count). The average molecular weight is 585 g/mol. The fourth-order valence-electron chi connectivity index (χ4n) is 4.08. The average Bonchev–Trinajstić information content (AvgIpc) is 3.33. The molecule has 2 saturated heterocycles. The Morgan fingerprint density at radius 1 is 0.949 bits per heavy atom. The van der Waals surface area contributed by atoms with Gasteiger partial charge in [0.1, 0.15) is 11.2 Å². The van der Waals surface area contributed by atoms with Gasteiger partial charge < -0.3 is 29.7 Å². The second kappa shape index (κ2) is 14.2. The molecule has 0 spiro atoms. The van der Waals surface area contributed by atoms with Gasteiger partial charge in [-0.1, -0.05) is 12.2 Å². The molecule has 2 aliphatic heterocycles. The molecule has 1 aromatic rings. The third-order valence-corrected chi connectivity index (χ3v) is 7.39. The Bertz CT molecular complexity index is 985. The molecule has 0 unspecified atom stereocenters. The topological polar surface area (TPSA) is 124 Å². The molecule has 2 N–H and O–H groups in total. The van der Waals surface area contributed by atoms with Crippen LogP contribution in [0.3, 0.4) is 0 Å². The summed E-state index contributed by atoms with van der Waals surface area (Å²) in [6, 6.07) is 0. The molecular weight excluding hydrogens is 540 g/mol. The highest BCUT2D eigenvalue weighted by atomic mass is 32.1. The van der Waals surface area contributed by atoms with Crippen LogP contribution in [0.15, 0.2) is 5.38 Å². The summed E-state index contributed by atoms with van der Waals surface area (Å²) < 4.78 is 15.6. The zero-order valence-corrected chi connectivity index (χ0v) is 25.9. The van der Waals surface area contributed by atoms with Crippen LogP contribution in [0.25, 0.3) is 0 Å². The van der Waals surface area contributed by atoms with Gasteiger partial charge in [0.05, 0.1) is 16.6 Å². The number of rotatable bonds is 4. The van der Waals surface area contributed by atoms with Crippen molar-refractivity contribution < 1.29 is 28.6 Å². The van der Waals surface area contributed by atoms with Crippen LogP contribution in [0.1, 0.15) is 95.6 Å². The Balaban J connectivity index is 0.000000293. The van der Waals surface area contributed by atoms with Crippen molar-refractivity contribution >= 4 is 46.7 Å². The second-order valence-corrected chi connectivity index (χ2v) is 13.0. The summed E-state index contributed by atoms with van der Waals surface area (Å²) in [5.41, 5.74) is 5.06. The second-order valence-electron chi connectivity index (χ2n) is 11.7. The third-order valence-electron chi connectivity index (χ3n) is 6.05. The van der Waals surface area contributed by atoms with Crippen molar-refractivity contribution in [1.29, 1.82) is 0 Å². The van der Waals surface area contributed by atoms with E-state index in [0.29, 0.717) is 43.5 Å². The lowest BCUT2D eigenvalue weighted by molar-refractivity contribution is 0.0193. The van der Waals surface area contributed by atoms with E-state index >= 15 is 0 Å². The number of esters is 1. The highest BCUT2D eigenvalue weighted by Crippen LogP contribution is 2.31. The minimum absolute atomic E-state index is 0.242. The van der Waals surface area contributed by atoms with E-state index in [4.69, 9.17) is 32.2 Å². The van der Waals surface area contributed by atoms with Crippen molar-refractivity contribution in [3.05, 3.63) is 16.1 Å². The van der Waals surface area contributed by atoms with Gasteiger partial charge in [0.15, 0.2) is 5.69 Å². The van der Waals surface area contributed by atoms with Crippen LogP contribution in [-0.4, -0.2) is 81.9 Å². The lowest BCUT2D eigenvalue weighted by atomic mass is 9.97. The number of nitrogens with zero attached hydrogens (tertiary/aromatic N) is 3. The first-order chi connectivity index (χ1) is 18.1. The first-order valence-electron chi connectivity index (χ1n) is 13.5. The largest absolute Gasteiger partial charge is 0.461 e. The van der Waals surface area contributed by atoms with Gasteiger partial charge in [-0.15, -0.1) is 11.3 Å². The number of hydrogen-bond acceptors (Lipinski definition) is 9. The van der Waals surface area contributed by atoms with E-state index in [1.54, 1.807) is 22.1 Å². The van der Waals surface area contributed by atoms with E-state index in [9.17, 15) is 14.4 Å². The Labute approximate surface area is 241 Å². The molecule has 0 atom stereocenters. The van der Waals surface area contributed by atoms with Crippen LogP contribution >= 0.6 is 23.6 Å². The van der Waals surface area contributed by atoms with Crippen molar-refractivity contribution in [2.24, 2.45) is 11.7 Å². The summed E-state index contributed by atoms with van der Waals surface area (Å²) in [7, 11) is 0. The molecule has 0 aliphatic carbocycles. The Hall–Kier alpha value is -2.47. The minimum atomic E-state index is -0.474. The molecule has 0 bridgehead atoms. The van der Waals surface area contributed by atoms with Gasteiger partial charge in [0, 0.05) is 43.4 Å². The summed E-state index contributed by atoms with van der Waals surface area (Å²) in [6.07, 6.45) is 2.84. The zero-order valence-electron chi connectivity index (χ0n) is 24.3. The molecule has 3 heterocycles. The zero-order chi connectivity index (χ0) is 29.4. The first-order valence-corrected chi connectivity index (χ1v) is 14.8. The lowest BCUT2D eigenvalue weighted by Crippen LogP contribution is -2.43. The Morgan fingerprint density at radius 3 is 1.82 bits per heavy atom. The number of hydrogen-bond donors (Lipinski definition) is 1. The van der Waals surface area contributed by atoms with Gasteiger partial charge in [0.2, 0.25) is 0 Å². The fraction of sp³-hybridized carbons (Fsp3) is 0.741. The van der Waals surface area contributed by atoms with Crippen molar-refractivity contribution in [3.63, 3.8) is 0 Å². The fourth-order valence-corrected chi connectivity index (χ4v) is 5.28. The summed E-state index contributed by atoms with van der Waals surface area (Å²) in [6.45, 7) is 16.0. The van der Waals surface area contributed by atoms with Crippen LogP contribution in [0.2, 0.25) is 0 Å². The molecule has 12 heteroatoms. The number of thiazole rings is 1. The summed E-state index contributed by atoms with van der Waals surface area (Å²) >= 11 is 6.43. The SMILES string of the molecule is CC(C)(C)OC(=O)N1CCC(C(N)=S)CC1.CCOC(=O)c1csc(C2CCN(C(=O)OC(C)(C)C)CC2)n1. The molecule has 2 aliphatic rings. The van der Waals surface area contributed by atoms with Crippen molar-refractivity contribution in [1.82, 2.24) is 14.8 Å². The molecular formula is C27H44N4O6S2. The normalized spacial score (nSPS) is 17.1. The summed E-state index contributed by atoms with van der Waals surface area (Å²) in [5.74, 6) is 0.178. The van der Waals surface area contributed by atoms with Crippen molar-refractivity contribution in [2.75, 3.05) is 32.8 Å². The van der Waals surface area contributed by atoms with Gasteiger partial charge in [-0.25, -0.2) is 19.4 Å². The van der Waals surface area contributed by atoms with E-state index in [2.05, 4.69) is 4.98 Å². The number of carbonyl (C=O) groups is 3. The first kappa shape index (κ1) is 32.7. The Kier molecular flexibility index (Phi) is 12.0. The number of thiocarbonyl (C=S) groups is 1. The summed E-state index contributed by atoms with van der Waals surface area (Å²) in [4.78, 5) is 43.9. The Morgan fingerprint density at radius 2 is 1.41 bits per heavy atom. The number of likely N-dealkylation sites (tertiary alicyclic amines) is 2. The maximum atomic E-state index is 12.1.